The molecule has 1 aromatic carbocycles. The standard InChI is InChI=1S/C10H6ClF3O3/c11-4-9(16)8-2-1-7(3-6(8)5-15)17-10(12,13)14/h1-3,5H,4H2. The Hall–Kier alpha value is -1.56. The Bertz CT molecular complexity index is 443. The molecular weight excluding hydrogens is 261 g/mol. The number of hydrogen-bond acceptors (Lipinski definition) is 3. The number of carbonyl (C=O) groups excluding carboxylic acids is 2. The van der Waals surface area contributed by atoms with Crippen molar-refractivity contribution in [2.75, 3.05) is 5.88 Å². The van der Waals surface area contributed by atoms with E-state index in [1.165, 1.54) is 0 Å². The summed E-state index contributed by atoms with van der Waals surface area (Å²) in [5.41, 5.74) is -0.234. The number of halogens is 4. The predicted molar refractivity (Wildman–Crippen MR) is 53.6 cm³/mol. The normalized spacial score (nSPS) is 11.1. The van der Waals surface area contributed by atoms with Gasteiger partial charge in [-0.25, -0.2) is 0 Å². The van der Waals surface area contributed by atoms with Gasteiger partial charge in [0.25, 0.3) is 0 Å². The first-order chi connectivity index (χ1) is 7.87. The second-order valence-electron chi connectivity index (χ2n) is 2.97. The van der Waals surface area contributed by atoms with Crippen LogP contribution in [0.25, 0.3) is 0 Å². The summed E-state index contributed by atoms with van der Waals surface area (Å²) in [5.74, 6) is -1.47. The molecule has 0 N–H and O–H groups in total. The quantitative estimate of drug-likeness (QED) is 0.478. The molecule has 0 amide bonds. The molecule has 0 heterocycles. The Morgan fingerprint density at radius 2 is 2.06 bits per heavy atom. The Morgan fingerprint density at radius 1 is 1.41 bits per heavy atom. The van der Waals surface area contributed by atoms with Gasteiger partial charge in [-0.1, -0.05) is 0 Å². The van der Waals surface area contributed by atoms with Gasteiger partial charge in [0.15, 0.2) is 12.1 Å². The third kappa shape index (κ3) is 3.74. The van der Waals surface area contributed by atoms with Crippen LogP contribution in [-0.4, -0.2) is 24.3 Å². The lowest BCUT2D eigenvalue weighted by Crippen LogP contribution is -2.17. The molecule has 0 spiro atoms. The zero-order chi connectivity index (χ0) is 13.1. The fourth-order valence-corrected chi connectivity index (χ4v) is 1.31. The zero-order valence-corrected chi connectivity index (χ0v) is 9.01. The minimum absolute atomic E-state index is 0.0375. The molecular formula is C10H6ClF3O3. The summed E-state index contributed by atoms with van der Waals surface area (Å²) in [6.07, 6.45) is -4.58. The van der Waals surface area contributed by atoms with Crippen molar-refractivity contribution in [2.24, 2.45) is 0 Å². The molecule has 1 rings (SSSR count). The largest absolute Gasteiger partial charge is 0.573 e. The van der Waals surface area contributed by atoms with Crippen molar-refractivity contribution in [1.82, 2.24) is 0 Å². The molecule has 0 fully saturated rings. The van der Waals surface area contributed by atoms with Crippen LogP contribution in [0, 0.1) is 0 Å². The van der Waals surface area contributed by atoms with Crippen LogP contribution in [0.15, 0.2) is 18.2 Å². The molecule has 0 atom stereocenters. The summed E-state index contributed by atoms with van der Waals surface area (Å²) in [4.78, 5) is 21.9. The van der Waals surface area contributed by atoms with Crippen molar-refractivity contribution in [3.05, 3.63) is 29.3 Å². The second kappa shape index (κ2) is 5.18. The smallest absolute Gasteiger partial charge is 0.406 e. The van der Waals surface area contributed by atoms with E-state index in [0.29, 0.717) is 0 Å². The molecule has 0 aliphatic heterocycles. The Morgan fingerprint density at radius 3 is 2.53 bits per heavy atom. The lowest BCUT2D eigenvalue weighted by atomic mass is 10.1. The summed E-state index contributed by atoms with van der Waals surface area (Å²) in [5, 5.41) is 0. The maximum Gasteiger partial charge on any atom is 0.573 e. The van der Waals surface area contributed by atoms with Crippen LogP contribution in [0.5, 0.6) is 5.75 Å². The van der Waals surface area contributed by atoms with E-state index in [0.717, 1.165) is 18.2 Å². The number of benzene rings is 1. The summed E-state index contributed by atoms with van der Waals surface area (Å²) >= 11 is 5.28. The molecule has 1 aromatic rings. The van der Waals surface area contributed by atoms with Gasteiger partial charge in [-0.3, -0.25) is 9.59 Å². The van der Waals surface area contributed by atoms with Gasteiger partial charge in [0.05, 0.1) is 5.88 Å². The van der Waals surface area contributed by atoms with Gasteiger partial charge in [0, 0.05) is 11.1 Å². The monoisotopic (exact) mass is 266 g/mol. The van der Waals surface area contributed by atoms with Gasteiger partial charge in [-0.15, -0.1) is 24.8 Å². The first-order valence-electron chi connectivity index (χ1n) is 4.31. The van der Waals surface area contributed by atoms with Crippen LogP contribution < -0.4 is 4.74 Å². The summed E-state index contributed by atoms with van der Waals surface area (Å²) in [7, 11) is 0. The van der Waals surface area contributed by atoms with Gasteiger partial charge in [-0.05, 0) is 18.2 Å². The minimum atomic E-state index is -4.85. The third-order valence-electron chi connectivity index (χ3n) is 1.81. The van der Waals surface area contributed by atoms with Crippen LogP contribution in [-0.2, 0) is 0 Å². The SMILES string of the molecule is O=Cc1cc(OC(F)(F)F)ccc1C(=O)CCl. The van der Waals surface area contributed by atoms with Gasteiger partial charge < -0.3 is 4.74 Å². The molecule has 0 bridgehead atoms. The van der Waals surface area contributed by atoms with Gasteiger partial charge in [0.1, 0.15) is 5.75 Å². The number of carbonyl (C=O) groups is 2. The molecule has 3 nitrogen and oxygen atoms in total. The van der Waals surface area contributed by atoms with Crippen LogP contribution in [0.4, 0.5) is 13.2 Å². The highest BCUT2D eigenvalue weighted by molar-refractivity contribution is 6.31. The minimum Gasteiger partial charge on any atom is -0.406 e. The van der Waals surface area contributed by atoms with E-state index in [1.807, 2.05) is 0 Å². The number of alkyl halides is 4. The molecule has 0 radical (unpaired) electrons. The Labute approximate surface area is 99.1 Å². The van der Waals surface area contributed by atoms with E-state index in [4.69, 9.17) is 11.6 Å². The van der Waals surface area contributed by atoms with Gasteiger partial charge >= 0.3 is 6.36 Å². The molecule has 0 saturated carbocycles. The van der Waals surface area contributed by atoms with E-state index in [2.05, 4.69) is 4.74 Å². The maximum absolute atomic E-state index is 11.9. The highest BCUT2D eigenvalue weighted by Crippen LogP contribution is 2.24. The number of rotatable bonds is 4. The van der Waals surface area contributed by atoms with Crippen LogP contribution >= 0.6 is 11.6 Å². The van der Waals surface area contributed by atoms with Crippen LogP contribution in [0.2, 0.25) is 0 Å². The second-order valence-corrected chi connectivity index (χ2v) is 3.24. The summed E-state index contributed by atoms with van der Waals surface area (Å²) in [6, 6.07) is 2.84. The van der Waals surface area contributed by atoms with Crippen molar-refractivity contribution in [3.63, 3.8) is 0 Å². The Kier molecular flexibility index (Phi) is 4.11. The fraction of sp³-hybridized carbons (Fsp3) is 0.200. The van der Waals surface area contributed by atoms with Crippen molar-refractivity contribution in [1.29, 1.82) is 0 Å². The Balaban J connectivity index is 3.09. The lowest BCUT2D eigenvalue weighted by molar-refractivity contribution is -0.274. The van der Waals surface area contributed by atoms with E-state index >= 15 is 0 Å². The average molecular weight is 267 g/mol. The van der Waals surface area contributed by atoms with Crippen molar-refractivity contribution < 1.29 is 27.5 Å². The first-order valence-corrected chi connectivity index (χ1v) is 4.85. The van der Waals surface area contributed by atoms with Crippen molar-refractivity contribution in [3.8, 4) is 5.75 Å². The van der Waals surface area contributed by atoms with Gasteiger partial charge in [-0.2, -0.15) is 0 Å². The van der Waals surface area contributed by atoms with E-state index in [9.17, 15) is 22.8 Å². The predicted octanol–water partition coefficient (Wildman–Crippen LogP) is 2.82. The molecule has 0 saturated heterocycles. The molecule has 92 valence electrons. The van der Waals surface area contributed by atoms with Gasteiger partial charge in [0.2, 0.25) is 0 Å². The molecule has 0 aromatic heterocycles. The van der Waals surface area contributed by atoms with E-state index in [-0.39, 0.29) is 23.3 Å². The van der Waals surface area contributed by atoms with Crippen molar-refractivity contribution >= 4 is 23.7 Å². The maximum atomic E-state index is 11.9. The van der Waals surface area contributed by atoms with E-state index in [1.54, 1.807) is 0 Å². The number of ketones is 1. The number of aldehydes is 1. The molecule has 0 aliphatic rings. The van der Waals surface area contributed by atoms with Crippen LogP contribution in [0.3, 0.4) is 0 Å². The van der Waals surface area contributed by atoms with Crippen LogP contribution in [0.1, 0.15) is 20.7 Å². The number of ether oxygens (including phenoxy) is 1. The lowest BCUT2D eigenvalue weighted by Gasteiger charge is -2.10. The average Bonchev–Trinajstić information content (AvgIpc) is 2.25. The topological polar surface area (TPSA) is 43.4 Å². The molecule has 7 heteroatoms. The highest BCUT2D eigenvalue weighted by atomic mass is 35.5. The zero-order valence-electron chi connectivity index (χ0n) is 8.25. The third-order valence-corrected chi connectivity index (χ3v) is 2.05. The molecule has 17 heavy (non-hydrogen) atoms. The van der Waals surface area contributed by atoms with Crippen molar-refractivity contribution in [2.45, 2.75) is 6.36 Å². The number of Topliss-reactive ketones (excluding diaryl/α,β-unsaturated/α-hetero) is 1. The summed E-state index contributed by atoms with van der Waals surface area (Å²) < 4.78 is 39.3. The summed E-state index contributed by atoms with van der Waals surface area (Å²) in [6.45, 7) is 0. The molecule has 0 unspecified atom stereocenters. The highest BCUT2D eigenvalue weighted by Gasteiger charge is 2.31. The fourth-order valence-electron chi connectivity index (χ4n) is 1.16. The van der Waals surface area contributed by atoms with E-state index < -0.39 is 17.9 Å². The first kappa shape index (κ1) is 13.5. The molecule has 0 aliphatic carbocycles. The number of hydrogen-bond donors (Lipinski definition) is 0.